The maximum Gasteiger partial charge on any atom is 0.341 e. The van der Waals surface area contributed by atoms with E-state index in [4.69, 9.17) is 9.84 Å². The molecule has 2 aromatic rings. The van der Waals surface area contributed by atoms with Gasteiger partial charge in [-0.25, -0.2) is 4.79 Å². The zero-order valence-electron chi connectivity index (χ0n) is 17.6. The average molecular weight is 657 g/mol. The fourth-order valence-electron chi connectivity index (χ4n) is 3.67. The first kappa shape index (κ1) is 24.7. The zero-order valence-corrected chi connectivity index (χ0v) is 22.2. The van der Waals surface area contributed by atoms with Crippen molar-refractivity contribution in [2.75, 3.05) is 19.7 Å². The Labute approximate surface area is 221 Å². The summed E-state index contributed by atoms with van der Waals surface area (Å²) in [6.45, 7) is 0.228. The minimum atomic E-state index is -1.09. The third-order valence-electron chi connectivity index (χ3n) is 5.31. The molecule has 8 nitrogen and oxygen atoms in total. The molecular formula is C23H18BrIN2O6S. The lowest BCUT2D eigenvalue weighted by molar-refractivity contribution is -0.139. The Balaban J connectivity index is 1.45. The number of rotatable bonds is 6. The average Bonchev–Trinajstić information content (AvgIpc) is 3.05. The molecule has 0 unspecified atom stereocenters. The first-order valence-electron chi connectivity index (χ1n) is 10.2. The van der Waals surface area contributed by atoms with Gasteiger partial charge in [-0.3, -0.25) is 19.3 Å². The normalized spacial score (nSPS) is 16.7. The largest absolute Gasteiger partial charge is 0.480 e. The molecule has 0 aliphatic carbocycles. The number of fused-ring (bicyclic) bond motifs is 1. The first-order chi connectivity index (χ1) is 16.2. The molecule has 3 amide bonds. The molecule has 0 aromatic heterocycles. The number of nitrogens with zero attached hydrogens (tertiary/aromatic N) is 2. The molecule has 0 atom stereocenters. The van der Waals surface area contributed by atoms with Gasteiger partial charge >= 0.3 is 5.97 Å². The van der Waals surface area contributed by atoms with Gasteiger partial charge in [0.15, 0.2) is 6.61 Å². The summed E-state index contributed by atoms with van der Waals surface area (Å²) in [5, 5.41) is 8.32. The van der Waals surface area contributed by atoms with Gasteiger partial charge in [0.2, 0.25) is 5.91 Å². The molecule has 2 aliphatic heterocycles. The summed E-state index contributed by atoms with van der Waals surface area (Å²) < 4.78 is 6.44. The van der Waals surface area contributed by atoms with Crippen molar-refractivity contribution in [2.24, 2.45) is 0 Å². The molecule has 34 heavy (non-hydrogen) atoms. The molecule has 1 saturated heterocycles. The number of carbonyl (C=O) groups excluding carboxylic acids is 3. The van der Waals surface area contributed by atoms with Gasteiger partial charge in [-0.05, 0) is 91.6 Å². The summed E-state index contributed by atoms with van der Waals surface area (Å²) in [7, 11) is 0. The lowest BCUT2D eigenvalue weighted by Gasteiger charge is -2.29. The Kier molecular flexibility index (Phi) is 7.63. The van der Waals surface area contributed by atoms with Crippen molar-refractivity contribution in [3.05, 3.63) is 66.0 Å². The summed E-state index contributed by atoms with van der Waals surface area (Å²) in [4.78, 5) is 51.9. The summed E-state index contributed by atoms with van der Waals surface area (Å²) in [6, 6.07) is 11.3. The van der Waals surface area contributed by atoms with Gasteiger partial charge in [0, 0.05) is 13.1 Å². The SMILES string of the molecule is O=C(O)COc1c(Br)cc(/C=C2\SC(=O)N(CC(=O)N3CCc4ccccc4C3)C2=O)cc1I. The van der Waals surface area contributed by atoms with Crippen molar-refractivity contribution >= 4 is 79.4 Å². The number of hydrogen-bond acceptors (Lipinski definition) is 6. The van der Waals surface area contributed by atoms with Crippen LogP contribution < -0.4 is 4.74 Å². The van der Waals surface area contributed by atoms with Crippen LogP contribution in [0.1, 0.15) is 16.7 Å². The van der Waals surface area contributed by atoms with E-state index in [1.165, 1.54) is 5.56 Å². The highest BCUT2D eigenvalue weighted by atomic mass is 127. The fourth-order valence-corrected chi connectivity index (χ4v) is 6.27. The second-order valence-corrected chi connectivity index (χ2v) is 10.6. The van der Waals surface area contributed by atoms with Crippen molar-refractivity contribution in [3.8, 4) is 5.75 Å². The third-order valence-corrected chi connectivity index (χ3v) is 7.61. The number of amides is 3. The lowest BCUT2D eigenvalue weighted by atomic mass is 10.00. The van der Waals surface area contributed by atoms with E-state index in [1.807, 2.05) is 46.9 Å². The molecular weight excluding hydrogens is 639 g/mol. The number of halogens is 2. The zero-order chi connectivity index (χ0) is 24.4. The predicted molar refractivity (Wildman–Crippen MR) is 138 cm³/mol. The van der Waals surface area contributed by atoms with E-state index in [2.05, 4.69) is 15.9 Å². The maximum absolute atomic E-state index is 12.9. The number of hydrogen-bond donors (Lipinski definition) is 1. The van der Waals surface area contributed by atoms with E-state index in [-0.39, 0.29) is 17.4 Å². The summed E-state index contributed by atoms with van der Waals surface area (Å²) in [5.41, 5.74) is 2.91. The number of aliphatic carboxylic acids is 1. The second kappa shape index (κ2) is 10.5. The van der Waals surface area contributed by atoms with Crippen LogP contribution in [0.2, 0.25) is 0 Å². The van der Waals surface area contributed by atoms with Crippen molar-refractivity contribution < 1.29 is 29.0 Å². The Morgan fingerprint density at radius 2 is 1.94 bits per heavy atom. The number of carbonyl (C=O) groups is 4. The van der Waals surface area contributed by atoms with Gasteiger partial charge in [-0.1, -0.05) is 24.3 Å². The number of imide groups is 1. The molecule has 0 bridgehead atoms. The minimum Gasteiger partial charge on any atom is -0.480 e. The van der Waals surface area contributed by atoms with Gasteiger partial charge in [0.1, 0.15) is 12.3 Å². The first-order valence-corrected chi connectivity index (χ1v) is 12.9. The number of thioether (sulfide) groups is 1. The van der Waals surface area contributed by atoms with Crippen LogP contribution in [-0.2, 0) is 27.3 Å². The van der Waals surface area contributed by atoms with E-state index < -0.39 is 23.7 Å². The molecule has 1 N–H and O–H groups in total. The summed E-state index contributed by atoms with van der Waals surface area (Å²) >= 11 is 6.14. The quantitative estimate of drug-likeness (QED) is 0.368. The fraction of sp³-hybridized carbons (Fsp3) is 0.217. The van der Waals surface area contributed by atoms with Crippen molar-refractivity contribution in [1.29, 1.82) is 0 Å². The predicted octanol–water partition coefficient (Wildman–Crippen LogP) is 4.14. The van der Waals surface area contributed by atoms with E-state index >= 15 is 0 Å². The Bertz CT molecular complexity index is 1210. The molecule has 2 heterocycles. The van der Waals surface area contributed by atoms with Crippen LogP contribution in [0, 0.1) is 3.57 Å². The standard InChI is InChI=1S/C23H18BrIN2O6S/c24-16-7-13(8-17(25)21(16)33-12-20(29)30)9-18-22(31)27(23(32)34-18)11-19(28)26-6-5-14-3-1-2-4-15(14)10-26/h1-4,7-9H,5-6,10-12H2,(H,29,30)/b18-9-. The molecule has 1 fully saturated rings. The number of carboxylic acids is 1. The molecule has 0 radical (unpaired) electrons. The molecule has 4 rings (SSSR count). The summed E-state index contributed by atoms with van der Waals surface area (Å²) in [6.07, 6.45) is 2.31. The van der Waals surface area contributed by atoms with E-state index in [0.717, 1.165) is 28.6 Å². The van der Waals surface area contributed by atoms with Gasteiger partial charge in [-0.2, -0.15) is 0 Å². The number of carboxylic acid groups (broad SMARTS) is 1. The smallest absolute Gasteiger partial charge is 0.341 e. The number of benzene rings is 2. The highest BCUT2D eigenvalue weighted by molar-refractivity contribution is 14.1. The van der Waals surface area contributed by atoms with E-state index in [1.54, 1.807) is 23.1 Å². The second-order valence-electron chi connectivity index (χ2n) is 7.60. The van der Waals surface area contributed by atoms with Gasteiger partial charge in [0.25, 0.3) is 11.1 Å². The van der Waals surface area contributed by atoms with Crippen molar-refractivity contribution in [1.82, 2.24) is 9.80 Å². The van der Waals surface area contributed by atoms with Crippen molar-refractivity contribution in [3.63, 3.8) is 0 Å². The van der Waals surface area contributed by atoms with Gasteiger partial charge in [-0.15, -0.1) is 0 Å². The van der Waals surface area contributed by atoms with Crippen LogP contribution in [0.3, 0.4) is 0 Å². The van der Waals surface area contributed by atoms with Crippen LogP contribution in [0.15, 0.2) is 45.8 Å². The topological polar surface area (TPSA) is 104 Å². The Hall–Kier alpha value is -2.38. The lowest BCUT2D eigenvalue weighted by Crippen LogP contribution is -2.44. The van der Waals surface area contributed by atoms with Gasteiger partial charge < -0.3 is 14.7 Å². The van der Waals surface area contributed by atoms with Crippen LogP contribution in [0.4, 0.5) is 4.79 Å². The molecule has 0 spiro atoms. The third kappa shape index (κ3) is 5.47. The van der Waals surface area contributed by atoms with Crippen molar-refractivity contribution in [2.45, 2.75) is 13.0 Å². The van der Waals surface area contributed by atoms with E-state index in [0.29, 0.717) is 32.4 Å². The minimum absolute atomic E-state index is 0.212. The Morgan fingerprint density at radius 1 is 1.21 bits per heavy atom. The molecule has 2 aliphatic rings. The van der Waals surface area contributed by atoms with Crippen LogP contribution in [0.5, 0.6) is 5.75 Å². The van der Waals surface area contributed by atoms with Crippen LogP contribution >= 0.6 is 50.3 Å². The number of ether oxygens (including phenoxy) is 1. The molecule has 0 saturated carbocycles. The van der Waals surface area contributed by atoms with Crippen LogP contribution in [0.25, 0.3) is 6.08 Å². The highest BCUT2D eigenvalue weighted by Gasteiger charge is 2.37. The molecule has 2 aromatic carbocycles. The molecule has 11 heteroatoms. The van der Waals surface area contributed by atoms with Gasteiger partial charge in [0.05, 0.1) is 12.9 Å². The Morgan fingerprint density at radius 3 is 2.65 bits per heavy atom. The highest BCUT2D eigenvalue weighted by Crippen LogP contribution is 2.36. The maximum atomic E-state index is 12.9. The monoisotopic (exact) mass is 656 g/mol. The molecule has 176 valence electrons. The van der Waals surface area contributed by atoms with Crippen LogP contribution in [-0.4, -0.2) is 57.6 Å². The van der Waals surface area contributed by atoms with E-state index in [9.17, 15) is 19.2 Å². The summed E-state index contributed by atoms with van der Waals surface area (Å²) in [5.74, 6) is -1.50.